The lowest BCUT2D eigenvalue weighted by atomic mass is 10.2. The van der Waals surface area contributed by atoms with E-state index in [0.717, 1.165) is 12.5 Å². The van der Waals surface area contributed by atoms with Gasteiger partial charge in [0.2, 0.25) is 0 Å². The maximum atomic E-state index is 10.5. The van der Waals surface area contributed by atoms with Crippen LogP contribution in [0.25, 0.3) is 0 Å². The van der Waals surface area contributed by atoms with E-state index in [1.807, 2.05) is 6.92 Å². The van der Waals surface area contributed by atoms with Crippen LogP contribution in [0.3, 0.4) is 0 Å². The second kappa shape index (κ2) is 11.9. The van der Waals surface area contributed by atoms with E-state index < -0.39 is 18.0 Å². The molecule has 0 aromatic carbocycles. The monoisotopic (exact) mass is 258 g/mol. The Kier molecular flexibility index (Phi) is 12.3. The maximum Gasteiger partial charge on any atom is 0.330 e. The molecule has 0 heterocycles. The lowest BCUT2D eigenvalue weighted by molar-refractivity contribution is -0.140. The molecule has 0 saturated carbocycles. The molecule has 1 unspecified atom stereocenters. The van der Waals surface area contributed by atoms with Crippen molar-refractivity contribution in [1.82, 2.24) is 0 Å². The number of esters is 1. The molecule has 0 aromatic rings. The van der Waals surface area contributed by atoms with Crippen molar-refractivity contribution in [2.45, 2.75) is 39.7 Å². The molecule has 2 N–H and O–H groups in total. The fourth-order valence-electron chi connectivity index (χ4n) is 0.777. The van der Waals surface area contributed by atoms with E-state index in [2.05, 4.69) is 11.3 Å². The summed E-state index contributed by atoms with van der Waals surface area (Å²) in [6, 6.07) is 0. The number of allylic oxidation sites excluding steroid dienone is 1. The predicted octanol–water partition coefficient (Wildman–Crippen LogP) is 1.91. The molecule has 0 aliphatic rings. The highest BCUT2D eigenvalue weighted by Gasteiger charge is 2.04. The minimum Gasteiger partial charge on any atom is -0.478 e. The summed E-state index contributed by atoms with van der Waals surface area (Å²) in [5.41, 5.74) is 0.389. The van der Waals surface area contributed by atoms with Gasteiger partial charge < -0.3 is 14.9 Å². The van der Waals surface area contributed by atoms with Gasteiger partial charge in [-0.3, -0.25) is 0 Å². The molecule has 1 atom stereocenters. The Labute approximate surface area is 108 Å². The first-order valence-electron chi connectivity index (χ1n) is 5.72. The fraction of sp³-hybridized carbons (Fsp3) is 0.538. The first-order chi connectivity index (χ1) is 8.38. The Morgan fingerprint density at radius 2 is 2.00 bits per heavy atom. The predicted molar refractivity (Wildman–Crippen MR) is 69.1 cm³/mol. The van der Waals surface area contributed by atoms with E-state index >= 15 is 0 Å². The van der Waals surface area contributed by atoms with Crippen molar-refractivity contribution in [3.05, 3.63) is 24.3 Å². The first kappa shape index (κ1) is 18.7. The van der Waals surface area contributed by atoms with Gasteiger partial charge in [0, 0.05) is 11.6 Å². The summed E-state index contributed by atoms with van der Waals surface area (Å²) in [7, 11) is 0. The summed E-state index contributed by atoms with van der Waals surface area (Å²) in [5, 5.41) is 17.2. The molecule has 5 heteroatoms. The summed E-state index contributed by atoms with van der Waals surface area (Å²) in [4.78, 5) is 20.3. The van der Waals surface area contributed by atoms with E-state index in [1.165, 1.54) is 0 Å². The van der Waals surface area contributed by atoms with Crippen LogP contribution in [0.2, 0.25) is 0 Å². The lowest BCUT2D eigenvalue weighted by Gasteiger charge is -2.07. The normalized spacial score (nSPS) is 11.9. The molecule has 0 amide bonds. The van der Waals surface area contributed by atoms with E-state index in [1.54, 1.807) is 19.9 Å². The summed E-state index contributed by atoms with van der Waals surface area (Å²) < 4.78 is 4.60. The third-order valence-electron chi connectivity index (χ3n) is 1.98. The van der Waals surface area contributed by atoms with Gasteiger partial charge in [0.05, 0.1) is 6.10 Å². The minimum absolute atomic E-state index is 0.0681. The zero-order valence-corrected chi connectivity index (χ0v) is 11.2. The van der Waals surface area contributed by atoms with Crippen LogP contribution in [0.1, 0.15) is 33.6 Å². The SMILES string of the molecule is C=CC(=O)OCC(O)CCC.CC=C(C)C(=O)O. The Morgan fingerprint density at radius 3 is 2.28 bits per heavy atom. The zero-order chi connectivity index (χ0) is 14.6. The highest BCUT2D eigenvalue weighted by atomic mass is 16.5. The second-order valence-electron chi connectivity index (χ2n) is 3.55. The van der Waals surface area contributed by atoms with Gasteiger partial charge in [-0.1, -0.05) is 26.0 Å². The Bertz CT molecular complexity index is 294. The van der Waals surface area contributed by atoms with Gasteiger partial charge in [-0.25, -0.2) is 9.59 Å². The maximum absolute atomic E-state index is 10.5. The van der Waals surface area contributed by atoms with Gasteiger partial charge in [-0.15, -0.1) is 0 Å². The molecule has 0 aliphatic carbocycles. The Morgan fingerprint density at radius 1 is 1.44 bits per heavy atom. The van der Waals surface area contributed by atoms with Crippen LogP contribution < -0.4 is 0 Å². The summed E-state index contributed by atoms with van der Waals surface area (Å²) >= 11 is 0. The summed E-state index contributed by atoms with van der Waals surface area (Å²) in [5.74, 6) is -1.33. The van der Waals surface area contributed by atoms with Gasteiger partial charge >= 0.3 is 11.9 Å². The number of ether oxygens (including phenoxy) is 1. The quantitative estimate of drug-likeness (QED) is 0.561. The van der Waals surface area contributed by atoms with Gasteiger partial charge in [0.25, 0.3) is 0 Å². The topological polar surface area (TPSA) is 83.8 Å². The average Bonchev–Trinajstić information content (AvgIpc) is 2.35. The number of carboxylic acids is 1. The molecule has 0 rings (SSSR count). The average molecular weight is 258 g/mol. The Balaban J connectivity index is 0. The number of hydrogen-bond acceptors (Lipinski definition) is 4. The number of aliphatic hydroxyl groups is 1. The standard InChI is InChI=1S/C8H14O3.C5H8O2/c1-3-5-7(9)6-11-8(10)4-2;1-3-4(2)5(6)7/h4,7,9H,2-3,5-6H2,1H3;3H,1-2H3,(H,6,7). The molecule has 5 nitrogen and oxygen atoms in total. The zero-order valence-electron chi connectivity index (χ0n) is 11.2. The van der Waals surface area contributed by atoms with E-state index in [-0.39, 0.29) is 6.61 Å². The third kappa shape index (κ3) is 12.4. The van der Waals surface area contributed by atoms with Crippen LogP contribution in [0.5, 0.6) is 0 Å². The number of carbonyl (C=O) groups excluding carboxylic acids is 1. The number of rotatable bonds is 6. The number of aliphatic carboxylic acids is 1. The van der Waals surface area contributed by atoms with Gasteiger partial charge in [-0.05, 0) is 20.3 Å². The van der Waals surface area contributed by atoms with Crippen molar-refractivity contribution < 1.29 is 24.5 Å². The van der Waals surface area contributed by atoms with Crippen LogP contribution in [-0.2, 0) is 14.3 Å². The third-order valence-corrected chi connectivity index (χ3v) is 1.98. The van der Waals surface area contributed by atoms with Crippen LogP contribution in [0, 0.1) is 0 Å². The van der Waals surface area contributed by atoms with Gasteiger partial charge in [0.15, 0.2) is 0 Å². The van der Waals surface area contributed by atoms with Crippen molar-refractivity contribution >= 4 is 11.9 Å². The van der Waals surface area contributed by atoms with Gasteiger partial charge in [0.1, 0.15) is 6.61 Å². The lowest BCUT2D eigenvalue weighted by Crippen LogP contribution is -2.16. The molecule has 0 aromatic heterocycles. The molecule has 0 spiro atoms. The fourth-order valence-corrected chi connectivity index (χ4v) is 0.777. The van der Waals surface area contributed by atoms with Crippen molar-refractivity contribution in [3.63, 3.8) is 0 Å². The Hall–Kier alpha value is -1.62. The van der Waals surface area contributed by atoms with Crippen LogP contribution in [0.4, 0.5) is 0 Å². The number of carbonyl (C=O) groups is 2. The van der Waals surface area contributed by atoms with Crippen molar-refractivity contribution in [2.75, 3.05) is 6.61 Å². The summed E-state index contributed by atoms with van der Waals surface area (Å²) in [6.07, 6.45) is 3.64. The largest absolute Gasteiger partial charge is 0.478 e. The highest BCUT2D eigenvalue weighted by Crippen LogP contribution is 1.96. The molecule has 104 valence electrons. The molecule has 0 bridgehead atoms. The molecule has 0 fully saturated rings. The highest BCUT2D eigenvalue weighted by molar-refractivity contribution is 5.85. The van der Waals surface area contributed by atoms with Crippen molar-refractivity contribution in [2.24, 2.45) is 0 Å². The molecular weight excluding hydrogens is 236 g/mol. The smallest absolute Gasteiger partial charge is 0.330 e. The van der Waals surface area contributed by atoms with Crippen molar-refractivity contribution in [1.29, 1.82) is 0 Å². The second-order valence-corrected chi connectivity index (χ2v) is 3.55. The first-order valence-corrected chi connectivity index (χ1v) is 5.72. The number of aliphatic hydroxyl groups excluding tert-OH is 1. The molecule has 0 radical (unpaired) electrons. The molecule has 0 aliphatic heterocycles. The molecular formula is C13H22O5. The minimum atomic E-state index is -0.845. The van der Waals surface area contributed by atoms with Crippen molar-refractivity contribution in [3.8, 4) is 0 Å². The molecule has 18 heavy (non-hydrogen) atoms. The number of hydrogen-bond donors (Lipinski definition) is 2. The molecule has 0 saturated heterocycles. The van der Waals surface area contributed by atoms with Crippen LogP contribution >= 0.6 is 0 Å². The van der Waals surface area contributed by atoms with Crippen LogP contribution in [0.15, 0.2) is 24.3 Å². The number of carboxylic acid groups (broad SMARTS) is 1. The van der Waals surface area contributed by atoms with E-state index in [0.29, 0.717) is 12.0 Å². The van der Waals surface area contributed by atoms with Gasteiger partial charge in [-0.2, -0.15) is 0 Å². The summed E-state index contributed by atoms with van der Waals surface area (Å²) in [6.45, 7) is 8.51. The van der Waals surface area contributed by atoms with E-state index in [4.69, 9.17) is 10.2 Å². The van der Waals surface area contributed by atoms with E-state index in [9.17, 15) is 9.59 Å². The van der Waals surface area contributed by atoms with Crippen LogP contribution in [-0.4, -0.2) is 34.9 Å².